The molecule has 0 bridgehead atoms. The molecule has 3 fully saturated rings. The lowest BCUT2D eigenvalue weighted by molar-refractivity contribution is 0.0538. The second kappa shape index (κ2) is 30.1. The molecule has 0 aliphatic heterocycles. The van der Waals surface area contributed by atoms with Crippen molar-refractivity contribution in [2.75, 3.05) is 0 Å². The predicted molar refractivity (Wildman–Crippen MR) is 405 cm³/mol. The summed E-state index contributed by atoms with van der Waals surface area (Å²) in [7, 11) is 0. The third-order valence-electron chi connectivity index (χ3n) is 19.5. The number of halogens is 7. The molecule has 18 rings (SSSR count). The van der Waals surface area contributed by atoms with Crippen LogP contribution in [-0.4, -0.2) is 103 Å². The highest BCUT2D eigenvalue weighted by Gasteiger charge is 2.46. The van der Waals surface area contributed by atoms with Crippen LogP contribution in [0.3, 0.4) is 0 Å². The van der Waals surface area contributed by atoms with Crippen molar-refractivity contribution < 1.29 is 64.5 Å². The van der Waals surface area contributed by atoms with Gasteiger partial charge >= 0.3 is 6.09 Å². The molecule has 0 amide bonds. The topological polar surface area (TPSA) is 314 Å². The fraction of sp³-hybridized carbons (Fsp3) is 0.253. The smallest absolute Gasteiger partial charge is 0.420 e. The number of benzene rings is 6. The Balaban J connectivity index is 0.000000126. The molecule has 9 aromatic heterocycles. The van der Waals surface area contributed by atoms with Crippen LogP contribution in [0.15, 0.2) is 164 Å². The monoisotopic (exact) mass is 1600 g/mol. The number of nitrogens with one attached hydrogen (secondary N) is 2. The number of hydrogen-bond acceptors (Lipinski definition) is 20. The summed E-state index contributed by atoms with van der Waals surface area (Å²) >= 11 is 2.89. The van der Waals surface area contributed by atoms with Gasteiger partial charge in [-0.3, -0.25) is 4.79 Å². The number of carbonyl (C=O) groups excluding carboxylic acids is 2. The molecule has 30 heteroatoms. The second-order valence-corrected chi connectivity index (χ2v) is 29.8. The van der Waals surface area contributed by atoms with E-state index in [1.807, 2.05) is 59.7 Å². The summed E-state index contributed by atoms with van der Waals surface area (Å²) in [5, 5.41) is 36.8. The molecule has 113 heavy (non-hydrogen) atoms. The number of aliphatic hydroxyl groups is 2. The van der Waals surface area contributed by atoms with Crippen LogP contribution in [0, 0.1) is 76.4 Å². The number of aromatic amines is 2. The number of rotatable bonds is 14. The molecule has 574 valence electrons. The minimum absolute atomic E-state index is 0.0551. The minimum atomic E-state index is -2.38. The van der Waals surface area contributed by atoms with Gasteiger partial charge in [0.05, 0.1) is 60.3 Å². The third kappa shape index (κ3) is 14.9. The number of aryl methyl sites for hydroxylation is 6. The SMILES string of the molecule is Cc1noc(C)c1-c1cc(C(=O)c2ncccn2)c2nc(C3CC3)n(C(=O)OC(C)(C)C)c2c1.Cc1noc(C)c1-c1cc(C(O)(c2ncccn2)c2c(F)cccc2F)c2nc(C3CC3)[nH]c2c1.Cc1noc(C)c1-c1cc(C(O)(c2ncccn2)c2ccc(F)cc2F)c2nc(C3CC3)[nH]c2c1.Fc1ccc(Br)c(F)c1. The van der Waals surface area contributed by atoms with Crippen LogP contribution in [0.1, 0.15) is 179 Å². The summed E-state index contributed by atoms with van der Waals surface area (Å²) in [6.45, 7) is 16.3. The van der Waals surface area contributed by atoms with Gasteiger partial charge < -0.3 is 38.5 Å². The number of ketones is 1. The summed E-state index contributed by atoms with van der Waals surface area (Å²) in [6, 6.07) is 25.4. The molecule has 3 aliphatic carbocycles. The Morgan fingerprint density at radius 3 is 1.37 bits per heavy atom. The number of carbonyl (C=O) groups is 2. The zero-order valence-electron chi connectivity index (χ0n) is 62.1. The Hall–Kier alpha value is -12.3. The number of fused-ring (bicyclic) bond motifs is 3. The van der Waals surface area contributed by atoms with Crippen molar-refractivity contribution in [1.82, 2.24) is 74.9 Å². The van der Waals surface area contributed by atoms with E-state index in [2.05, 4.69) is 71.3 Å². The highest BCUT2D eigenvalue weighted by atomic mass is 79.9. The van der Waals surface area contributed by atoms with Crippen LogP contribution in [-0.2, 0) is 15.9 Å². The van der Waals surface area contributed by atoms with E-state index in [0.717, 1.165) is 97.2 Å². The van der Waals surface area contributed by atoms with E-state index in [9.17, 15) is 33.0 Å². The quantitative estimate of drug-likeness (QED) is 0.0446. The zero-order chi connectivity index (χ0) is 79.7. The van der Waals surface area contributed by atoms with Gasteiger partial charge in [0.1, 0.15) is 80.8 Å². The highest BCUT2D eigenvalue weighted by Crippen LogP contribution is 2.49. The maximum Gasteiger partial charge on any atom is 0.420 e. The van der Waals surface area contributed by atoms with E-state index in [-0.39, 0.29) is 56.3 Å². The molecule has 0 radical (unpaired) electrons. The molecule has 0 spiro atoms. The zero-order valence-corrected chi connectivity index (χ0v) is 63.7. The van der Waals surface area contributed by atoms with Crippen LogP contribution in [0.2, 0.25) is 0 Å². The standard InChI is InChI=1S/2C26H21F2N5O2.C25H25N5O4.C6H3BrF2/c1-13-22(14(2)35-33-13)16-10-19(23-21(11-16)31-24(32-23)15-4-5-15)26(34,25-29-8-3-9-30-25)18-7-6-17(27)12-20(18)28;1-13-21(14(2)35-33-13)16-11-17(23-20(12-16)31-24(32-23)15-7-8-15)26(34,25-29-9-4-10-30-25)22-18(27)5-3-6-19(22)28;1-13-19(14(2)34-29-13)16-11-17(21(31)22-26-9-6-10-27-22)20-18(12-16)30(23(28-20)15-7-8-15)24(32)33-25(3,4)5;7-5-2-1-4(8)3-6(5)9/h3,6-12,15,34H,4-5H2,1-2H3,(H,31,32);3-6,9-12,15,34H,7-8H2,1-2H3,(H,31,32);6,9-12,15H,7-8H2,1-5H3;1-3H. The van der Waals surface area contributed by atoms with Gasteiger partial charge in [-0.1, -0.05) is 21.5 Å². The first-order valence-corrected chi connectivity index (χ1v) is 36.9. The molecule has 9 heterocycles. The van der Waals surface area contributed by atoms with Crippen molar-refractivity contribution in [1.29, 1.82) is 0 Å². The maximum atomic E-state index is 15.3. The van der Waals surface area contributed by atoms with E-state index in [0.29, 0.717) is 101 Å². The summed E-state index contributed by atoms with van der Waals surface area (Å²) in [4.78, 5) is 73.1. The fourth-order valence-electron chi connectivity index (χ4n) is 13.9. The molecule has 23 nitrogen and oxygen atoms in total. The minimum Gasteiger partial charge on any atom is -0.443 e. The maximum absolute atomic E-state index is 15.3. The van der Waals surface area contributed by atoms with E-state index in [4.69, 9.17) is 33.3 Å². The second-order valence-electron chi connectivity index (χ2n) is 28.9. The van der Waals surface area contributed by atoms with Gasteiger partial charge in [-0.25, -0.2) is 80.6 Å². The van der Waals surface area contributed by atoms with E-state index < -0.39 is 63.4 Å². The van der Waals surface area contributed by atoms with Crippen LogP contribution < -0.4 is 0 Å². The van der Waals surface area contributed by atoms with Gasteiger partial charge in [-0.05, 0) is 224 Å². The average molecular weight is 1600 g/mol. The first-order valence-electron chi connectivity index (χ1n) is 36.1. The molecule has 3 saturated carbocycles. The first-order chi connectivity index (χ1) is 54.1. The number of ether oxygens (including phenoxy) is 1. The molecule has 3 aliphatic rings. The van der Waals surface area contributed by atoms with Gasteiger partial charge in [-0.15, -0.1) is 0 Å². The molecule has 0 saturated heterocycles. The number of aromatic nitrogens is 15. The van der Waals surface area contributed by atoms with Crippen LogP contribution >= 0.6 is 15.9 Å². The Kier molecular flexibility index (Phi) is 20.3. The summed E-state index contributed by atoms with van der Waals surface area (Å²) in [5.74, 6) is -0.533. The lowest BCUT2D eigenvalue weighted by atomic mass is 9.82. The summed E-state index contributed by atoms with van der Waals surface area (Å²) in [6.07, 6.45) is 14.2. The van der Waals surface area contributed by atoms with Crippen molar-refractivity contribution in [3.63, 3.8) is 0 Å². The average Bonchev–Trinajstić information content (AvgIpc) is 1.52. The van der Waals surface area contributed by atoms with Crippen LogP contribution in [0.4, 0.5) is 31.1 Å². The first kappa shape index (κ1) is 76.1. The molecule has 6 aromatic carbocycles. The van der Waals surface area contributed by atoms with Crippen molar-refractivity contribution in [3.05, 3.63) is 283 Å². The number of H-pyrrole nitrogens is 2. The molecule has 2 unspecified atom stereocenters. The van der Waals surface area contributed by atoms with Gasteiger partial charge in [-0.2, -0.15) is 0 Å². The number of hydrogen-bond donors (Lipinski definition) is 4. The normalized spacial score (nSPS) is 14.5. The van der Waals surface area contributed by atoms with Crippen molar-refractivity contribution in [3.8, 4) is 33.4 Å². The molecule has 15 aromatic rings. The van der Waals surface area contributed by atoms with E-state index in [1.165, 1.54) is 66.0 Å². The number of imidazole rings is 3. The molecular formula is C83H70BrF6N15O8. The van der Waals surface area contributed by atoms with E-state index >= 15 is 13.2 Å². The summed E-state index contributed by atoms with van der Waals surface area (Å²) in [5.41, 5.74) is 4.06. The van der Waals surface area contributed by atoms with Crippen LogP contribution in [0.25, 0.3) is 66.5 Å². The third-order valence-corrected chi connectivity index (χ3v) is 20.2. The largest absolute Gasteiger partial charge is 0.443 e. The van der Waals surface area contributed by atoms with Gasteiger partial charge in [0.2, 0.25) is 11.6 Å². The van der Waals surface area contributed by atoms with Gasteiger partial charge in [0.15, 0.2) is 22.9 Å². The van der Waals surface area contributed by atoms with Gasteiger partial charge in [0.25, 0.3) is 0 Å². The van der Waals surface area contributed by atoms with E-state index in [1.54, 1.807) is 57.2 Å². The number of nitrogens with zero attached hydrogens (tertiary/aromatic N) is 13. The predicted octanol–water partition coefficient (Wildman–Crippen LogP) is 17.8. The summed E-state index contributed by atoms with van der Waals surface area (Å²) < 4.78 is 108. The lowest BCUT2D eigenvalue weighted by Gasteiger charge is -2.29. The van der Waals surface area contributed by atoms with Crippen molar-refractivity contribution >= 4 is 60.9 Å². The molecular weight excluding hydrogens is 1530 g/mol. The lowest BCUT2D eigenvalue weighted by Crippen LogP contribution is -2.34. The fourth-order valence-corrected chi connectivity index (χ4v) is 14.1. The van der Waals surface area contributed by atoms with Crippen molar-refractivity contribution in [2.45, 2.75) is 135 Å². The molecule has 2 atom stereocenters. The Morgan fingerprint density at radius 2 is 0.938 bits per heavy atom. The highest BCUT2D eigenvalue weighted by molar-refractivity contribution is 9.10. The van der Waals surface area contributed by atoms with Gasteiger partial charge in [0, 0.05) is 100 Å². The van der Waals surface area contributed by atoms with Crippen molar-refractivity contribution in [2.24, 2.45) is 0 Å². The Morgan fingerprint density at radius 1 is 0.496 bits per heavy atom. The molecule has 4 N–H and O–H groups in total. The van der Waals surface area contributed by atoms with Crippen LogP contribution in [0.5, 0.6) is 0 Å². The Bertz CT molecular complexity index is 6090. The Labute approximate surface area is 648 Å².